The van der Waals surface area contributed by atoms with Crippen LogP contribution >= 0.6 is 0 Å². The molecule has 7 aliphatic rings. The quantitative estimate of drug-likeness (QED) is 0.128. The van der Waals surface area contributed by atoms with Crippen molar-refractivity contribution in [2.75, 3.05) is 0 Å². The van der Waals surface area contributed by atoms with Crippen LogP contribution in [0.15, 0.2) is 279 Å². The Morgan fingerprint density at radius 1 is 0.324 bits per heavy atom. The summed E-state index contributed by atoms with van der Waals surface area (Å²) in [7, 11) is 0. The average Bonchev–Trinajstić information content (AvgIpc) is 1.46. The topological polar surface area (TPSA) is 79.2 Å². The maximum atomic E-state index is 14.1. The van der Waals surface area contributed by atoms with Crippen LogP contribution in [0.2, 0.25) is 0 Å². The number of hydrogen-bond acceptors (Lipinski definition) is 2. The van der Waals surface area contributed by atoms with E-state index in [1.807, 2.05) is 30.3 Å². The number of hydrogen-bond donors (Lipinski definition) is 0. The van der Waals surface area contributed by atoms with Gasteiger partial charge in [-0.3, -0.25) is 0 Å². The molecule has 7 aliphatic heterocycles. The molecule has 21 aromatic rings. The average molecular weight is 1520 g/mol. The zero-order valence-electron chi connectivity index (χ0n) is 58.7. The van der Waals surface area contributed by atoms with E-state index in [-0.39, 0.29) is 0 Å². The SMILES string of the molecule is Cc1c(-c2ccc3c(c2)[Se](=O)(=O)c2ccccc2-3)c(C)[n+]2n1-c1cccc3c1C21c2c4c(cc5c6ccccc6n(c25)-c2cccc[n+]21)c1ccccc1n4-3.Cc1c(-c2ccc3c(c2)[se]c2ccccc23)c(C)[n+]2n1-c1cccc3c1C21c2c4c(cc5c6ccccc6n(c25)-c2cccc[n+]21)c1ccccc1n4-3. The van der Waals surface area contributed by atoms with Gasteiger partial charge >= 0.3 is 579 Å². The molecule has 28 rings (SSSR count). The van der Waals surface area contributed by atoms with Crippen molar-refractivity contribution >= 4 is 143 Å². The van der Waals surface area contributed by atoms with Crippen LogP contribution < -0.4 is 27.4 Å². The van der Waals surface area contributed by atoms with Crippen molar-refractivity contribution in [3.63, 3.8) is 0 Å². The summed E-state index contributed by atoms with van der Waals surface area (Å²) >= 11 is -4.31. The Morgan fingerprint density at radius 2 is 0.731 bits per heavy atom. The summed E-state index contributed by atoms with van der Waals surface area (Å²) in [5.41, 5.74) is 29.3. The molecule has 108 heavy (non-hydrogen) atoms. The van der Waals surface area contributed by atoms with Gasteiger partial charge in [0.25, 0.3) is 0 Å². The fraction of sp³-hybridized carbons (Fsp3) is 0.0638. The second-order valence-electron chi connectivity index (χ2n) is 30.4. The van der Waals surface area contributed by atoms with Crippen molar-refractivity contribution in [3.8, 4) is 67.8 Å². The minimum atomic E-state index is -4.60. The molecule has 2 atom stereocenters. The van der Waals surface area contributed by atoms with Crippen LogP contribution in [-0.4, -0.2) is 54.8 Å². The number of para-hydroxylation sites is 4. The van der Waals surface area contributed by atoms with Crippen molar-refractivity contribution in [2.45, 2.75) is 39.0 Å². The second-order valence-corrected chi connectivity index (χ2v) is 36.6. The van der Waals surface area contributed by atoms with Crippen LogP contribution in [0.5, 0.6) is 0 Å². The Kier molecular flexibility index (Phi) is 10.1. The maximum absolute atomic E-state index is 14.1. The van der Waals surface area contributed by atoms with E-state index >= 15 is 0 Å². The fourth-order valence-corrected chi connectivity index (χ4v) is 28.2. The summed E-state index contributed by atoms with van der Waals surface area (Å²) in [6, 6.07) is 97.2. The molecule has 0 saturated carbocycles. The fourth-order valence-electron chi connectivity index (χ4n) is 22.2. The zero-order valence-corrected chi connectivity index (χ0v) is 62.1. The third-order valence-electron chi connectivity index (χ3n) is 25.8. The Hall–Kier alpha value is -12.8. The van der Waals surface area contributed by atoms with E-state index in [1.165, 1.54) is 174 Å². The number of nitrogens with zero attached hydrogens (tertiary/aromatic N) is 10. The van der Waals surface area contributed by atoms with E-state index in [2.05, 4.69) is 317 Å². The van der Waals surface area contributed by atoms with Gasteiger partial charge < -0.3 is 0 Å². The first-order chi connectivity index (χ1) is 53.1. The van der Waals surface area contributed by atoms with Gasteiger partial charge in [-0.2, -0.15) is 0 Å². The molecular formula is C94H58N10O2Se2+4. The summed E-state index contributed by atoms with van der Waals surface area (Å²) in [5, 5.41) is 12.9. The third-order valence-corrected chi connectivity index (χ3v) is 32.1. The van der Waals surface area contributed by atoms with Crippen LogP contribution in [0.3, 0.4) is 0 Å². The molecule has 0 radical (unpaired) electrons. The van der Waals surface area contributed by atoms with E-state index in [0.29, 0.717) is 23.4 Å². The van der Waals surface area contributed by atoms with Gasteiger partial charge in [0.1, 0.15) is 0 Å². The summed E-state index contributed by atoms with van der Waals surface area (Å²) in [6.07, 6.45) is 4.58. The molecule has 9 aromatic heterocycles. The number of fused-ring (bicyclic) bond motifs is 28. The molecule has 2 unspecified atom stereocenters. The molecule has 0 bridgehead atoms. The van der Waals surface area contributed by atoms with Gasteiger partial charge in [-0.1, -0.05) is 48.5 Å². The van der Waals surface area contributed by atoms with Gasteiger partial charge in [0.05, 0.1) is 0 Å². The van der Waals surface area contributed by atoms with E-state index in [0.717, 1.165) is 45.1 Å². The van der Waals surface area contributed by atoms with Crippen molar-refractivity contribution in [2.24, 2.45) is 0 Å². The minimum absolute atomic E-state index is 0.295. The molecule has 0 aliphatic carbocycles. The first-order valence-electron chi connectivity index (χ1n) is 37.1. The Bertz CT molecular complexity index is 8100. The Morgan fingerprint density at radius 3 is 1.26 bits per heavy atom. The van der Waals surface area contributed by atoms with Crippen LogP contribution in [-0.2, 0) is 19.0 Å². The molecule has 2 spiro atoms. The molecule has 0 fully saturated rings. The van der Waals surface area contributed by atoms with Crippen LogP contribution in [0.4, 0.5) is 0 Å². The first kappa shape index (κ1) is 57.5. The van der Waals surface area contributed by atoms with Crippen LogP contribution in [0.25, 0.3) is 174 Å². The van der Waals surface area contributed by atoms with Crippen molar-refractivity contribution < 1.29 is 26.2 Å². The van der Waals surface area contributed by atoms with Gasteiger partial charge in [0.15, 0.2) is 0 Å². The molecule has 0 saturated heterocycles. The molecule has 12 aromatic carbocycles. The van der Waals surface area contributed by atoms with Crippen LogP contribution in [0.1, 0.15) is 45.0 Å². The predicted octanol–water partition coefficient (Wildman–Crippen LogP) is 16.3. The van der Waals surface area contributed by atoms with E-state index in [9.17, 15) is 7.67 Å². The third kappa shape index (κ3) is 6.07. The molecule has 504 valence electrons. The first-order valence-corrected chi connectivity index (χ1v) is 41.9. The summed E-state index contributed by atoms with van der Waals surface area (Å²) in [5.74, 6) is 2.27. The predicted molar refractivity (Wildman–Crippen MR) is 426 cm³/mol. The monoisotopic (exact) mass is 1520 g/mol. The number of benzene rings is 12. The number of pyridine rings is 2. The van der Waals surface area contributed by atoms with Gasteiger partial charge in [0.2, 0.25) is 0 Å². The van der Waals surface area contributed by atoms with Crippen molar-refractivity contribution in [1.82, 2.24) is 27.6 Å². The molecule has 16 heterocycles. The summed E-state index contributed by atoms with van der Waals surface area (Å²) in [6.45, 7) is 9.11. The van der Waals surface area contributed by atoms with Gasteiger partial charge in [0, 0.05) is 0 Å². The Labute approximate surface area is 623 Å². The second kappa shape index (κ2) is 18.9. The van der Waals surface area contributed by atoms with Gasteiger partial charge in [-0.05, 0) is 0 Å². The van der Waals surface area contributed by atoms with Gasteiger partial charge in [-0.15, -0.1) is 0 Å². The number of rotatable bonds is 2. The van der Waals surface area contributed by atoms with Crippen molar-refractivity contribution in [3.05, 3.63) is 324 Å². The van der Waals surface area contributed by atoms with Gasteiger partial charge in [-0.25, -0.2) is 0 Å². The van der Waals surface area contributed by atoms with E-state index in [1.54, 1.807) is 6.07 Å². The number of aromatic nitrogens is 10. The zero-order chi connectivity index (χ0) is 70.8. The molecule has 0 amide bonds. The normalized spacial score (nSPS) is 16.7. The molecule has 14 heteroatoms. The molecular weight excluding hydrogens is 1460 g/mol. The van der Waals surface area contributed by atoms with E-state index < -0.39 is 24.0 Å². The standard InChI is InChI=1S/C47H29N5O2Se.C47H29N5Se/c1-26-42(28-21-22-32-31-14-5-8-19-39(31)55(53,54)40(32)24-28)27(2)52-47-43-37(17-11-18-38(43)51(26)52)49-35-15-6-3-12-29(35)33-25-34-30-13-4-7-16-36(30)50(46(34)44(47)45(33)49)41-20-9-10-23-48(41)47;1-26-42(28-21-22-32-31-14-5-8-19-39(31)53-40(32)24-28)27(2)52-47-43-37(17-11-18-38(43)51(26)52)49-35-15-6-3-12-29(35)33-25-34-30-13-4-7-16-36(30)50(46(34)44(47)45(33)49)41-20-9-10-23-48(41)47/h3-25H,1-2H3;3-25H,1-2H3/q2*+2. The summed E-state index contributed by atoms with van der Waals surface area (Å²) in [4.78, 5) is 0. The van der Waals surface area contributed by atoms with Crippen molar-refractivity contribution in [1.29, 1.82) is 0 Å². The van der Waals surface area contributed by atoms with Crippen LogP contribution in [0, 0.1) is 27.7 Å². The molecule has 0 N–H and O–H groups in total. The molecule has 12 nitrogen and oxygen atoms in total. The van der Waals surface area contributed by atoms with E-state index in [4.69, 9.17) is 0 Å². The Balaban J connectivity index is 0.000000119. The summed E-state index contributed by atoms with van der Waals surface area (Å²) < 4.78 is 57.3.